The molecular weight excluding hydrogens is 180 g/mol. The van der Waals surface area contributed by atoms with Crippen molar-refractivity contribution in [3.63, 3.8) is 0 Å². The van der Waals surface area contributed by atoms with Crippen molar-refractivity contribution in [2.24, 2.45) is 0 Å². The number of hydrogen-bond donors (Lipinski definition) is 2. The number of rotatable bonds is 2. The van der Waals surface area contributed by atoms with E-state index < -0.39 is 0 Å². The van der Waals surface area contributed by atoms with Crippen LogP contribution in [0.25, 0.3) is 10.9 Å². The average molecular weight is 190 g/mol. The highest BCUT2D eigenvalue weighted by Gasteiger charge is 2.04. The highest BCUT2D eigenvalue weighted by molar-refractivity contribution is 5.77. The van der Waals surface area contributed by atoms with Gasteiger partial charge in [0.05, 0.1) is 5.52 Å². The van der Waals surface area contributed by atoms with Crippen LogP contribution in [0.5, 0.6) is 0 Å². The van der Waals surface area contributed by atoms with Gasteiger partial charge in [-0.05, 0) is 12.1 Å². The van der Waals surface area contributed by atoms with Crippen LogP contribution in [0.3, 0.4) is 0 Å². The van der Waals surface area contributed by atoms with Crippen molar-refractivity contribution in [1.82, 2.24) is 10.2 Å². The minimum absolute atomic E-state index is 0.0611. The molecule has 0 fully saturated rings. The number of hydrogen-bond acceptors (Lipinski definition) is 3. The van der Waals surface area contributed by atoms with Crippen molar-refractivity contribution in [3.05, 3.63) is 40.2 Å². The van der Waals surface area contributed by atoms with Gasteiger partial charge in [0.15, 0.2) is 0 Å². The van der Waals surface area contributed by atoms with Gasteiger partial charge in [-0.2, -0.15) is 5.10 Å². The number of aliphatic hydroxyl groups is 1. The Labute approximate surface area is 80.2 Å². The maximum atomic E-state index is 11.7. The summed E-state index contributed by atoms with van der Waals surface area (Å²) in [7, 11) is 0. The van der Waals surface area contributed by atoms with Gasteiger partial charge in [-0.3, -0.25) is 9.89 Å². The largest absolute Gasteiger partial charge is 0.396 e. The topological polar surface area (TPSA) is 66.0 Å². The molecule has 0 saturated heterocycles. The molecule has 14 heavy (non-hydrogen) atoms. The fourth-order valence-electron chi connectivity index (χ4n) is 1.39. The molecule has 4 heteroatoms. The van der Waals surface area contributed by atoms with Crippen LogP contribution in [0.2, 0.25) is 0 Å². The lowest BCUT2D eigenvalue weighted by Gasteiger charge is -1.99. The number of H-pyrrole nitrogens is 1. The van der Waals surface area contributed by atoms with Gasteiger partial charge in [-0.25, -0.2) is 0 Å². The summed E-state index contributed by atoms with van der Waals surface area (Å²) in [5.74, 6) is 0. The van der Waals surface area contributed by atoms with Crippen molar-refractivity contribution >= 4 is 10.9 Å². The number of nitrogens with zero attached hydrogens (tertiary/aromatic N) is 1. The lowest BCUT2D eigenvalue weighted by molar-refractivity contribution is 0.297. The standard InChI is InChI=1S/C10H10N2O2/c13-6-5-9-10(14)7-3-1-2-4-8(7)11-12-9/h1-4,13H,5-6H2,(H,11,14). The Morgan fingerprint density at radius 3 is 2.93 bits per heavy atom. The van der Waals surface area contributed by atoms with E-state index >= 15 is 0 Å². The van der Waals surface area contributed by atoms with Crippen LogP contribution in [-0.4, -0.2) is 21.9 Å². The molecule has 0 bridgehead atoms. The number of aromatic nitrogens is 2. The maximum absolute atomic E-state index is 11.7. The van der Waals surface area contributed by atoms with Crippen LogP contribution in [-0.2, 0) is 6.42 Å². The smallest absolute Gasteiger partial charge is 0.211 e. The van der Waals surface area contributed by atoms with E-state index in [9.17, 15) is 4.79 Å². The predicted octanol–water partition coefficient (Wildman–Crippen LogP) is 0.458. The fourth-order valence-corrected chi connectivity index (χ4v) is 1.39. The molecule has 72 valence electrons. The normalized spacial score (nSPS) is 10.6. The van der Waals surface area contributed by atoms with Gasteiger partial charge in [0.2, 0.25) is 5.43 Å². The number of para-hydroxylation sites is 1. The first-order valence-electron chi connectivity index (χ1n) is 4.40. The summed E-state index contributed by atoms with van der Waals surface area (Å²) < 4.78 is 0. The average Bonchev–Trinajstić information content (AvgIpc) is 2.23. The van der Waals surface area contributed by atoms with E-state index in [1.807, 2.05) is 6.07 Å². The Morgan fingerprint density at radius 1 is 1.36 bits per heavy atom. The molecule has 0 radical (unpaired) electrons. The molecule has 0 spiro atoms. The highest BCUT2D eigenvalue weighted by Crippen LogP contribution is 2.04. The van der Waals surface area contributed by atoms with Crippen LogP contribution in [0.4, 0.5) is 0 Å². The van der Waals surface area contributed by atoms with E-state index in [0.717, 1.165) is 5.52 Å². The van der Waals surface area contributed by atoms with Crippen LogP contribution in [0.15, 0.2) is 29.1 Å². The Balaban J connectivity index is 2.69. The fraction of sp³-hybridized carbons (Fsp3) is 0.200. The number of fused-ring (bicyclic) bond motifs is 1. The third-order valence-corrected chi connectivity index (χ3v) is 2.09. The third-order valence-electron chi connectivity index (χ3n) is 2.09. The van der Waals surface area contributed by atoms with Crippen LogP contribution in [0.1, 0.15) is 5.69 Å². The molecule has 0 aliphatic carbocycles. The summed E-state index contributed by atoms with van der Waals surface area (Å²) >= 11 is 0. The number of nitrogens with one attached hydrogen (secondary N) is 1. The van der Waals surface area contributed by atoms with E-state index in [-0.39, 0.29) is 12.0 Å². The molecule has 1 heterocycles. The van der Waals surface area contributed by atoms with Crippen LogP contribution in [0, 0.1) is 0 Å². The van der Waals surface area contributed by atoms with Crippen LogP contribution >= 0.6 is 0 Å². The molecule has 0 atom stereocenters. The van der Waals surface area contributed by atoms with Crippen molar-refractivity contribution in [3.8, 4) is 0 Å². The molecule has 2 rings (SSSR count). The second-order valence-electron chi connectivity index (χ2n) is 3.02. The summed E-state index contributed by atoms with van der Waals surface area (Å²) in [5, 5.41) is 16.0. The summed E-state index contributed by atoms with van der Waals surface area (Å²) in [6, 6.07) is 7.19. The summed E-state index contributed by atoms with van der Waals surface area (Å²) in [6.45, 7) is -0.0611. The first kappa shape index (κ1) is 8.90. The molecule has 0 saturated carbocycles. The van der Waals surface area contributed by atoms with Crippen LogP contribution < -0.4 is 5.43 Å². The summed E-state index contributed by atoms with van der Waals surface area (Å²) in [6.07, 6.45) is 0.292. The zero-order valence-electron chi connectivity index (χ0n) is 7.53. The van der Waals surface area contributed by atoms with Crippen molar-refractivity contribution in [2.75, 3.05) is 6.61 Å². The Bertz CT molecular complexity index is 505. The van der Waals surface area contributed by atoms with Gasteiger partial charge in [0.25, 0.3) is 0 Å². The predicted molar refractivity (Wildman–Crippen MR) is 53.2 cm³/mol. The number of benzene rings is 1. The van der Waals surface area contributed by atoms with E-state index in [2.05, 4.69) is 10.2 Å². The second-order valence-corrected chi connectivity index (χ2v) is 3.02. The first-order chi connectivity index (χ1) is 6.83. The molecule has 1 aromatic heterocycles. The Kier molecular flexibility index (Phi) is 2.28. The quantitative estimate of drug-likeness (QED) is 0.722. The Hall–Kier alpha value is -1.68. The summed E-state index contributed by atoms with van der Waals surface area (Å²) in [4.78, 5) is 11.7. The molecule has 0 aliphatic rings. The lowest BCUT2D eigenvalue weighted by atomic mass is 10.2. The molecule has 0 unspecified atom stereocenters. The molecular formula is C10H10N2O2. The van der Waals surface area contributed by atoms with Gasteiger partial charge < -0.3 is 5.11 Å². The zero-order valence-corrected chi connectivity index (χ0v) is 7.53. The molecule has 0 amide bonds. The SMILES string of the molecule is O=c1c(CCO)n[nH]c2ccccc12. The number of aliphatic hydroxyl groups excluding tert-OH is 1. The van der Waals surface area contributed by atoms with Gasteiger partial charge in [0, 0.05) is 18.4 Å². The molecule has 1 aromatic carbocycles. The van der Waals surface area contributed by atoms with Gasteiger partial charge in [-0.1, -0.05) is 12.1 Å². The first-order valence-corrected chi connectivity index (χ1v) is 4.40. The van der Waals surface area contributed by atoms with Crippen molar-refractivity contribution in [1.29, 1.82) is 0 Å². The lowest BCUT2D eigenvalue weighted by Crippen LogP contribution is -2.14. The van der Waals surface area contributed by atoms with E-state index in [4.69, 9.17) is 5.11 Å². The minimum Gasteiger partial charge on any atom is -0.396 e. The number of aromatic amines is 1. The molecule has 2 aromatic rings. The van der Waals surface area contributed by atoms with Crippen molar-refractivity contribution < 1.29 is 5.11 Å². The van der Waals surface area contributed by atoms with Gasteiger partial charge >= 0.3 is 0 Å². The molecule has 2 N–H and O–H groups in total. The maximum Gasteiger partial charge on any atom is 0.211 e. The minimum atomic E-state index is -0.103. The monoisotopic (exact) mass is 190 g/mol. The van der Waals surface area contributed by atoms with E-state index in [1.165, 1.54) is 0 Å². The zero-order chi connectivity index (χ0) is 9.97. The third kappa shape index (κ3) is 1.40. The van der Waals surface area contributed by atoms with Gasteiger partial charge in [0.1, 0.15) is 5.69 Å². The molecule has 4 nitrogen and oxygen atoms in total. The van der Waals surface area contributed by atoms with Crippen molar-refractivity contribution in [2.45, 2.75) is 6.42 Å². The van der Waals surface area contributed by atoms with Gasteiger partial charge in [-0.15, -0.1) is 0 Å². The molecule has 0 aliphatic heterocycles. The van der Waals surface area contributed by atoms with E-state index in [1.54, 1.807) is 18.2 Å². The Morgan fingerprint density at radius 2 is 2.14 bits per heavy atom. The summed E-state index contributed by atoms with van der Waals surface area (Å²) in [5.41, 5.74) is 0.999. The van der Waals surface area contributed by atoms with E-state index in [0.29, 0.717) is 17.5 Å². The highest BCUT2D eigenvalue weighted by atomic mass is 16.3. The second kappa shape index (κ2) is 3.59.